The minimum absolute atomic E-state index is 1.12. The standard InChI is InChI=1S/C20H23N/c1-21(2)14-8-12-18-15-17-11-6-7-13-19(17)20(18)16-9-4-3-5-10-16/h3-7,9-11,13H,8,12,14-15H2,1-2H3. The van der Waals surface area contributed by atoms with Crippen LogP contribution in [0.5, 0.6) is 0 Å². The second-order valence-electron chi connectivity index (χ2n) is 6.09. The van der Waals surface area contributed by atoms with Crippen molar-refractivity contribution >= 4 is 5.57 Å². The lowest BCUT2D eigenvalue weighted by Gasteiger charge is -2.12. The average Bonchev–Trinajstić information content (AvgIpc) is 2.86. The SMILES string of the molecule is CN(C)CCCC1=C(c2ccccc2)c2ccccc2C1. The second-order valence-corrected chi connectivity index (χ2v) is 6.09. The normalized spacial score (nSPS) is 13.9. The quantitative estimate of drug-likeness (QED) is 0.783. The molecule has 0 heterocycles. The van der Waals surface area contributed by atoms with E-state index in [-0.39, 0.29) is 0 Å². The van der Waals surface area contributed by atoms with Gasteiger partial charge in [-0.3, -0.25) is 0 Å². The van der Waals surface area contributed by atoms with Crippen LogP contribution in [0.3, 0.4) is 0 Å². The zero-order valence-corrected chi connectivity index (χ0v) is 13.0. The fourth-order valence-electron chi connectivity index (χ4n) is 3.21. The molecule has 0 radical (unpaired) electrons. The van der Waals surface area contributed by atoms with E-state index in [2.05, 4.69) is 73.6 Å². The molecule has 0 aliphatic heterocycles. The summed E-state index contributed by atoms with van der Waals surface area (Å²) in [5.74, 6) is 0. The predicted molar refractivity (Wildman–Crippen MR) is 90.4 cm³/mol. The molecule has 21 heavy (non-hydrogen) atoms. The maximum Gasteiger partial charge on any atom is -0.00218 e. The van der Waals surface area contributed by atoms with Gasteiger partial charge in [0.1, 0.15) is 0 Å². The Hall–Kier alpha value is -1.86. The summed E-state index contributed by atoms with van der Waals surface area (Å²) in [6.07, 6.45) is 3.54. The van der Waals surface area contributed by atoms with E-state index in [4.69, 9.17) is 0 Å². The lowest BCUT2D eigenvalue weighted by molar-refractivity contribution is 0.400. The van der Waals surface area contributed by atoms with E-state index in [0.717, 1.165) is 13.0 Å². The van der Waals surface area contributed by atoms with Crippen molar-refractivity contribution in [3.8, 4) is 0 Å². The molecule has 1 aliphatic carbocycles. The van der Waals surface area contributed by atoms with E-state index in [1.165, 1.54) is 35.1 Å². The molecular formula is C20H23N. The number of nitrogens with zero attached hydrogens (tertiary/aromatic N) is 1. The van der Waals surface area contributed by atoms with Crippen LogP contribution in [0.2, 0.25) is 0 Å². The number of hydrogen-bond donors (Lipinski definition) is 0. The van der Waals surface area contributed by atoms with Crippen LogP contribution >= 0.6 is 0 Å². The van der Waals surface area contributed by atoms with Gasteiger partial charge in [-0.25, -0.2) is 0 Å². The van der Waals surface area contributed by atoms with Crippen molar-refractivity contribution in [3.05, 3.63) is 76.9 Å². The van der Waals surface area contributed by atoms with Crippen LogP contribution in [0.25, 0.3) is 5.57 Å². The van der Waals surface area contributed by atoms with Crippen molar-refractivity contribution < 1.29 is 0 Å². The van der Waals surface area contributed by atoms with Crippen LogP contribution < -0.4 is 0 Å². The molecule has 1 aliphatic rings. The monoisotopic (exact) mass is 277 g/mol. The lowest BCUT2D eigenvalue weighted by atomic mass is 9.96. The molecule has 0 spiro atoms. The van der Waals surface area contributed by atoms with E-state index in [1.54, 1.807) is 5.57 Å². The summed E-state index contributed by atoms with van der Waals surface area (Å²) < 4.78 is 0. The molecule has 0 bridgehead atoms. The lowest BCUT2D eigenvalue weighted by Crippen LogP contribution is -2.13. The van der Waals surface area contributed by atoms with E-state index in [9.17, 15) is 0 Å². The van der Waals surface area contributed by atoms with Gasteiger partial charge < -0.3 is 4.90 Å². The predicted octanol–water partition coefficient (Wildman–Crippen LogP) is 4.39. The molecule has 3 rings (SSSR count). The van der Waals surface area contributed by atoms with Crippen molar-refractivity contribution in [3.63, 3.8) is 0 Å². The van der Waals surface area contributed by atoms with Crippen molar-refractivity contribution in [1.29, 1.82) is 0 Å². The summed E-state index contributed by atoms with van der Waals surface area (Å²) in [7, 11) is 4.30. The van der Waals surface area contributed by atoms with Gasteiger partial charge >= 0.3 is 0 Å². The summed E-state index contributed by atoms with van der Waals surface area (Å²) in [6.45, 7) is 1.15. The van der Waals surface area contributed by atoms with Gasteiger partial charge in [0.25, 0.3) is 0 Å². The highest BCUT2D eigenvalue weighted by Crippen LogP contribution is 2.39. The molecule has 0 fully saturated rings. The molecule has 1 heteroatoms. The Morgan fingerprint density at radius 3 is 2.38 bits per heavy atom. The third kappa shape index (κ3) is 3.08. The Morgan fingerprint density at radius 2 is 1.62 bits per heavy atom. The van der Waals surface area contributed by atoms with Crippen LogP contribution in [-0.2, 0) is 6.42 Å². The molecule has 0 aromatic heterocycles. The number of rotatable bonds is 5. The third-order valence-corrected chi connectivity index (χ3v) is 4.19. The van der Waals surface area contributed by atoms with E-state index >= 15 is 0 Å². The van der Waals surface area contributed by atoms with Crippen LogP contribution in [0.4, 0.5) is 0 Å². The van der Waals surface area contributed by atoms with Crippen molar-refractivity contribution in [2.24, 2.45) is 0 Å². The fourth-order valence-corrected chi connectivity index (χ4v) is 3.21. The molecule has 2 aromatic carbocycles. The van der Waals surface area contributed by atoms with Crippen molar-refractivity contribution in [1.82, 2.24) is 4.90 Å². The first-order chi connectivity index (χ1) is 10.3. The van der Waals surface area contributed by atoms with Gasteiger partial charge in [-0.15, -0.1) is 0 Å². The largest absolute Gasteiger partial charge is 0.309 e. The number of hydrogen-bond acceptors (Lipinski definition) is 1. The van der Waals surface area contributed by atoms with Gasteiger partial charge in [-0.1, -0.05) is 60.2 Å². The minimum atomic E-state index is 1.12. The van der Waals surface area contributed by atoms with Crippen LogP contribution in [0.1, 0.15) is 29.5 Å². The summed E-state index contributed by atoms with van der Waals surface area (Å²) in [6, 6.07) is 19.7. The highest BCUT2D eigenvalue weighted by molar-refractivity contribution is 5.87. The van der Waals surface area contributed by atoms with E-state index < -0.39 is 0 Å². The van der Waals surface area contributed by atoms with Gasteiger partial charge in [0.05, 0.1) is 0 Å². The second kappa shape index (κ2) is 6.28. The van der Waals surface area contributed by atoms with Crippen LogP contribution in [-0.4, -0.2) is 25.5 Å². The van der Waals surface area contributed by atoms with Gasteiger partial charge in [0.2, 0.25) is 0 Å². The Labute approximate surface area is 127 Å². The van der Waals surface area contributed by atoms with Crippen LogP contribution in [0.15, 0.2) is 60.2 Å². The minimum Gasteiger partial charge on any atom is -0.309 e. The van der Waals surface area contributed by atoms with Gasteiger partial charge in [-0.2, -0.15) is 0 Å². The van der Waals surface area contributed by atoms with Crippen molar-refractivity contribution in [2.75, 3.05) is 20.6 Å². The summed E-state index contributed by atoms with van der Waals surface area (Å²) in [5.41, 5.74) is 7.36. The molecule has 0 amide bonds. The number of benzene rings is 2. The summed E-state index contributed by atoms with van der Waals surface area (Å²) in [4.78, 5) is 2.27. The molecule has 0 atom stereocenters. The Bertz CT molecular complexity index is 638. The zero-order chi connectivity index (χ0) is 14.7. The summed E-state index contributed by atoms with van der Waals surface area (Å²) >= 11 is 0. The Morgan fingerprint density at radius 1 is 0.905 bits per heavy atom. The maximum absolute atomic E-state index is 2.28. The maximum atomic E-state index is 2.28. The van der Waals surface area contributed by atoms with Gasteiger partial charge in [0, 0.05) is 0 Å². The van der Waals surface area contributed by atoms with Crippen molar-refractivity contribution in [2.45, 2.75) is 19.3 Å². The Kier molecular flexibility index (Phi) is 4.21. The molecule has 0 unspecified atom stereocenters. The fraction of sp³-hybridized carbons (Fsp3) is 0.300. The van der Waals surface area contributed by atoms with Gasteiger partial charge in [0.15, 0.2) is 0 Å². The van der Waals surface area contributed by atoms with Gasteiger partial charge in [-0.05, 0) is 62.2 Å². The topological polar surface area (TPSA) is 3.24 Å². The first kappa shape index (κ1) is 14.1. The molecule has 0 saturated heterocycles. The highest BCUT2D eigenvalue weighted by atomic mass is 15.0. The average molecular weight is 277 g/mol. The smallest absolute Gasteiger partial charge is 0.00218 e. The third-order valence-electron chi connectivity index (χ3n) is 4.19. The molecular weight excluding hydrogens is 254 g/mol. The molecule has 0 N–H and O–H groups in total. The molecule has 0 saturated carbocycles. The van der Waals surface area contributed by atoms with E-state index in [0.29, 0.717) is 0 Å². The number of fused-ring (bicyclic) bond motifs is 1. The first-order valence-electron chi connectivity index (χ1n) is 7.76. The first-order valence-corrected chi connectivity index (χ1v) is 7.76. The molecule has 2 aromatic rings. The highest BCUT2D eigenvalue weighted by Gasteiger charge is 2.21. The van der Waals surface area contributed by atoms with Crippen LogP contribution in [0, 0.1) is 0 Å². The Balaban J connectivity index is 1.93. The van der Waals surface area contributed by atoms with E-state index in [1.807, 2.05) is 0 Å². The molecule has 1 nitrogen and oxygen atoms in total. The number of allylic oxidation sites excluding steroid dienone is 1. The zero-order valence-electron chi connectivity index (χ0n) is 13.0. The summed E-state index contributed by atoms with van der Waals surface area (Å²) in [5, 5.41) is 0. The molecule has 108 valence electrons.